The number of anilines is 1. The predicted octanol–water partition coefficient (Wildman–Crippen LogP) is 4.66. The lowest BCUT2D eigenvalue weighted by atomic mass is 10.1. The van der Waals surface area contributed by atoms with Gasteiger partial charge in [-0.15, -0.1) is 0 Å². The molecule has 0 atom stereocenters. The molecule has 1 amide bonds. The Labute approximate surface area is 122 Å². The van der Waals surface area contributed by atoms with Crippen molar-refractivity contribution in [1.82, 2.24) is 0 Å². The van der Waals surface area contributed by atoms with E-state index in [9.17, 15) is 18.0 Å². The highest BCUT2D eigenvalue weighted by molar-refractivity contribution is 6.40. The van der Waals surface area contributed by atoms with Gasteiger partial charge in [-0.2, -0.15) is 0 Å². The van der Waals surface area contributed by atoms with Gasteiger partial charge in [0.15, 0.2) is 17.5 Å². The number of benzene rings is 2. The van der Waals surface area contributed by atoms with Crippen LogP contribution in [-0.4, -0.2) is 5.91 Å². The molecule has 2 aromatic rings. The maximum atomic E-state index is 13.5. The second-order valence-corrected chi connectivity index (χ2v) is 4.59. The van der Waals surface area contributed by atoms with Gasteiger partial charge in [-0.25, -0.2) is 13.2 Å². The molecule has 0 fully saturated rings. The second-order valence-electron chi connectivity index (χ2n) is 3.77. The fourth-order valence-corrected chi connectivity index (χ4v) is 1.99. The van der Waals surface area contributed by atoms with Gasteiger partial charge in [0, 0.05) is 0 Å². The second kappa shape index (κ2) is 5.73. The molecule has 0 radical (unpaired) electrons. The van der Waals surface area contributed by atoms with E-state index in [1.54, 1.807) is 6.07 Å². The van der Waals surface area contributed by atoms with Crippen LogP contribution < -0.4 is 5.32 Å². The topological polar surface area (TPSA) is 29.1 Å². The third-order valence-electron chi connectivity index (χ3n) is 2.48. The van der Waals surface area contributed by atoms with E-state index in [2.05, 4.69) is 5.32 Å². The molecular weight excluding hydrogens is 314 g/mol. The average molecular weight is 320 g/mol. The van der Waals surface area contributed by atoms with Gasteiger partial charge in [-0.3, -0.25) is 4.79 Å². The number of rotatable bonds is 2. The number of para-hydroxylation sites is 1. The molecule has 0 saturated heterocycles. The minimum absolute atomic E-state index is 0.0602. The Balaban J connectivity index is 2.36. The first-order chi connectivity index (χ1) is 9.41. The van der Waals surface area contributed by atoms with Crippen LogP contribution in [0.3, 0.4) is 0 Å². The zero-order chi connectivity index (χ0) is 14.9. The Bertz CT molecular complexity index is 671. The quantitative estimate of drug-likeness (QED) is 0.801. The third-order valence-corrected chi connectivity index (χ3v) is 3.11. The SMILES string of the molecule is O=C(Nc1c(Cl)cccc1Cl)c1ccc(F)c(F)c1F. The standard InChI is InChI=1S/C13H6Cl2F3NO/c14-7-2-1-3-8(15)12(7)19-13(20)6-4-5-9(16)11(18)10(6)17/h1-5H,(H,19,20). The number of carbonyl (C=O) groups excluding carboxylic acids is 1. The van der Waals surface area contributed by atoms with Crippen LogP contribution in [0, 0.1) is 17.5 Å². The Morgan fingerprint density at radius 3 is 2.15 bits per heavy atom. The summed E-state index contributed by atoms with van der Waals surface area (Å²) >= 11 is 11.7. The maximum absolute atomic E-state index is 13.5. The molecule has 0 spiro atoms. The minimum atomic E-state index is -1.72. The summed E-state index contributed by atoms with van der Waals surface area (Å²) in [5, 5.41) is 2.52. The van der Waals surface area contributed by atoms with Crippen LogP contribution in [0.2, 0.25) is 10.0 Å². The molecule has 0 aliphatic rings. The molecule has 2 aromatic carbocycles. The highest BCUT2D eigenvalue weighted by Gasteiger charge is 2.20. The number of carbonyl (C=O) groups is 1. The molecule has 0 aliphatic heterocycles. The molecule has 1 N–H and O–H groups in total. The lowest BCUT2D eigenvalue weighted by Gasteiger charge is -2.10. The van der Waals surface area contributed by atoms with E-state index in [-0.39, 0.29) is 15.7 Å². The van der Waals surface area contributed by atoms with Gasteiger partial charge in [-0.1, -0.05) is 29.3 Å². The van der Waals surface area contributed by atoms with Crippen LogP contribution in [-0.2, 0) is 0 Å². The number of halogens is 5. The summed E-state index contributed by atoms with van der Waals surface area (Å²) in [4.78, 5) is 11.8. The molecule has 2 nitrogen and oxygen atoms in total. The zero-order valence-corrected chi connectivity index (χ0v) is 11.2. The van der Waals surface area contributed by atoms with Gasteiger partial charge in [-0.05, 0) is 24.3 Å². The number of amides is 1. The van der Waals surface area contributed by atoms with E-state index in [0.717, 1.165) is 6.07 Å². The first-order valence-corrected chi connectivity index (χ1v) is 6.06. The largest absolute Gasteiger partial charge is 0.319 e. The van der Waals surface area contributed by atoms with E-state index < -0.39 is 28.9 Å². The minimum Gasteiger partial charge on any atom is -0.319 e. The highest BCUT2D eigenvalue weighted by atomic mass is 35.5. The Morgan fingerprint density at radius 2 is 1.55 bits per heavy atom. The molecular formula is C13H6Cl2F3NO. The maximum Gasteiger partial charge on any atom is 0.258 e. The average Bonchev–Trinajstić information content (AvgIpc) is 2.40. The third kappa shape index (κ3) is 2.73. The van der Waals surface area contributed by atoms with Crippen LogP contribution in [0.4, 0.5) is 18.9 Å². The fraction of sp³-hybridized carbons (Fsp3) is 0. The molecule has 0 unspecified atom stereocenters. The van der Waals surface area contributed by atoms with E-state index in [1.165, 1.54) is 12.1 Å². The summed E-state index contributed by atoms with van der Waals surface area (Å²) in [5.74, 6) is -5.67. The van der Waals surface area contributed by atoms with Crippen LogP contribution in [0.25, 0.3) is 0 Å². The Morgan fingerprint density at radius 1 is 0.950 bits per heavy atom. The first-order valence-electron chi connectivity index (χ1n) is 5.30. The predicted molar refractivity (Wildman–Crippen MR) is 70.7 cm³/mol. The normalized spacial score (nSPS) is 10.4. The van der Waals surface area contributed by atoms with Crippen molar-refractivity contribution in [1.29, 1.82) is 0 Å². The molecule has 104 valence electrons. The summed E-state index contributed by atoms with van der Waals surface area (Å²) in [6.07, 6.45) is 0. The van der Waals surface area contributed by atoms with Crippen molar-refractivity contribution >= 4 is 34.8 Å². The van der Waals surface area contributed by atoms with Crippen molar-refractivity contribution in [3.63, 3.8) is 0 Å². The number of nitrogens with one attached hydrogen (secondary N) is 1. The van der Waals surface area contributed by atoms with Crippen molar-refractivity contribution < 1.29 is 18.0 Å². The number of hydrogen-bond acceptors (Lipinski definition) is 1. The van der Waals surface area contributed by atoms with E-state index in [1.807, 2.05) is 0 Å². The fourth-order valence-electron chi connectivity index (χ4n) is 1.50. The van der Waals surface area contributed by atoms with E-state index in [4.69, 9.17) is 23.2 Å². The van der Waals surface area contributed by atoms with Gasteiger partial charge < -0.3 is 5.32 Å². The van der Waals surface area contributed by atoms with Gasteiger partial charge in [0.25, 0.3) is 5.91 Å². The van der Waals surface area contributed by atoms with Crippen molar-refractivity contribution in [2.24, 2.45) is 0 Å². The van der Waals surface area contributed by atoms with Crippen molar-refractivity contribution in [3.8, 4) is 0 Å². The summed E-state index contributed by atoms with van der Waals surface area (Å²) in [6.45, 7) is 0. The zero-order valence-electron chi connectivity index (χ0n) is 9.68. The van der Waals surface area contributed by atoms with E-state index in [0.29, 0.717) is 6.07 Å². The van der Waals surface area contributed by atoms with Gasteiger partial charge in [0.05, 0.1) is 21.3 Å². The molecule has 7 heteroatoms. The molecule has 0 aliphatic carbocycles. The smallest absolute Gasteiger partial charge is 0.258 e. The summed E-state index contributed by atoms with van der Waals surface area (Å²) in [6, 6.07) is 5.96. The Kier molecular flexibility index (Phi) is 4.20. The van der Waals surface area contributed by atoms with Gasteiger partial charge >= 0.3 is 0 Å². The van der Waals surface area contributed by atoms with Crippen LogP contribution in [0.5, 0.6) is 0 Å². The molecule has 0 aromatic heterocycles. The molecule has 0 saturated carbocycles. The van der Waals surface area contributed by atoms with Crippen molar-refractivity contribution in [2.75, 3.05) is 5.32 Å². The summed E-state index contributed by atoms with van der Waals surface area (Å²) in [5.41, 5.74) is -0.593. The van der Waals surface area contributed by atoms with Crippen LogP contribution >= 0.6 is 23.2 Å². The van der Waals surface area contributed by atoms with Crippen molar-refractivity contribution in [3.05, 3.63) is 63.4 Å². The van der Waals surface area contributed by atoms with Gasteiger partial charge in [0.1, 0.15) is 0 Å². The monoisotopic (exact) mass is 319 g/mol. The molecule has 2 rings (SSSR count). The van der Waals surface area contributed by atoms with Crippen molar-refractivity contribution in [2.45, 2.75) is 0 Å². The Hall–Kier alpha value is -1.72. The van der Waals surface area contributed by atoms with Crippen LogP contribution in [0.15, 0.2) is 30.3 Å². The molecule has 20 heavy (non-hydrogen) atoms. The summed E-state index contributed by atoms with van der Waals surface area (Å²) in [7, 11) is 0. The van der Waals surface area contributed by atoms with Crippen LogP contribution in [0.1, 0.15) is 10.4 Å². The number of hydrogen-bond donors (Lipinski definition) is 1. The highest BCUT2D eigenvalue weighted by Crippen LogP contribution is 2.30. The molecule has 0 heterocycles. The molecule has 0 bridgehead atoms. The van der Waals surface area contributed by atoms with Gasteiger partial charge in [0.2, 0.25) is 0 Å². The summed E-state index contributed by atoms with van der Waals surface area (Å²) < 4.78 is 39.3. The first kappa shape index (κ1) is 14.7. The lowest BCUT2D eigenvalue weighted by molar-refractivity contribution is 0.102. The van der Waals surface area contributed by atoms with E-state index >= 15 is 0 Å². The lowest BCUT2D eigenvalue weighted by Crippen LogP contribution is -2.15.